The SMILES string of the molecule is COC(=O)N[C@H](C(=O)N1CC2(CC2)C[C@H]1c1ncc(-c2ccc3c(c2)C(F)(F)c2cc(-c4ccc5nc([C@@H]6[C@H]7CC[C@H](C7)N6C(=O)[C@H](C(C)C)N(O)C(=O)OC)[nH]c5c4)ccc2-3)[nH]1)C(C)C. The Balaban J connectivity index is 0.898. The van der Waals surface area contributed by atoms with Gasteiger partial charge in [0.25, 0.3) is 5.92 Å². The summed E-state index contributed by atoms with van der Waals surface area (Å²) in [6.45, 7) is 7.81. The number of halogens is 2. The van der Waals surface area contributed by atoms with Gasteiger partial charge in [0.2, 0.25) is 11.8 Å². The van der Waals surface area contributed by atoms with Crippen LogP contribution in [0.25, 0.3) is 44.5 Å². The van der Waals surface area contributed by atoms with Gasteiger partial charge in [0.1, 0.15) is 23.7 Å². The number of rotatable bonds is 10. The van der Waals surface area contributed by atoms with Gasteiger partial charge in [-0.15, -0.1) is 0 Å². The number of methoxy groups -OCH3 is 2. The highest BCUT2D eigenvalue weighted by Gasteiger charge is 2.56. The topological polar surface area (TPSA) is 186 Å². The molecule has 2 aromatic heterocycles. The maximum absolute atomic E-state index is 16.7. The number of H-pyrrole nitrogens is 2. The molecule has 346 valence electrons. The van der Waals surface area contributed by atoms with Crippen molar-refractivity contribution in [3.8, 4) is 33.5 Å². The number of fused-ring (bicyclic) bond motifs is 6. The minimum absolute atomic E-state index is 0.00287. The van der Waals surface area contributed by atoms with Crippen molar-refractivity contribution in [2.75, 3.05) is 20.8 Å². The fraction of sp³-hybridized carbons (Fsp3) is 0.469. The molecule has 15 nitrogen and oxygen atoms in total. The van der Waals surface area contributed by atoms with Gasteiger partial charge in [0, 0.05) is 29.3 Å². The molecule has 6 atom stereocenters. The predicted octanol–water partition coefficient (Wildman–Crippen LogP) is 8.71. The van der Waals surface area contributed by atoms with Crippen molar-refractivity contribution < 1.29 is 42.6 Å². The van der Waals surface area contributed by atoms with Gasteiger partial charge >= 0.3 is 12.2 Å². The highest BCUT2D eigenvalue weighted by Crippen LogP contribution is 2.59. The molecule has 0 unspecified atom stereocenters. The van der Waals surface area contributed by atoms with Gasteiger partial charge in [-0.05, 0) is 108 Å². The van der Waals surface area contributed by atoms with Crippen LogP contribution in [-0.4, -0.2) is 103 Å². The van der Waals surface area contributed by atoms with E-state index in [0.29, 0.717) is 74.2 Å². The second-order valence-electron chi connectivity index (χ2n) is 19.6. The van der Waals surface area contributed by atoms with Crippen molar-refractivity contribution in [3.63, 3.8) is 0 Å². The first kappa shape index (κ1) is 43.5. The number of imidazole rings is 2. The molecule has 5 aromatic rings. The smallest absolute Gasteiger partial charge is 0.434 e. The lowest BCUT2D eigenvalue weighted by atomic mass is 9.95. The van der Waals surface area contributed by atoms with Crippen molar-refractivity contribution in [1.29, 1.82) is 0 Å². The van der Waals surface area contributed by atoms with Crippen LogP contribution >= 0.6 is 0 Å². The summed E-state index contributed by atoms with van der Waals surface area (Å²) < 4.78 is 42.9. The molecule has 5 aliphatic rings. The lowest BCUT2D eigenvalue weighted by molar-refractivity contribution is -0.163. The number of nitrogens with one attached hydrogen (secondary N) is 3. The number of hydroxylamine groups is 2. The second kappa shape index (κ2) is 15.9. The zero-order valence-electron chi connectivity index (χ0n) is 37.7. The van der Waals surface area contributed by atoms with Crippen LogP contribution in [0.4, 0.5) is 18.4 Å². The standard InChI is InChI=1S/C49H54F2N8O7/c1-24(2)39(56-46(62)65-5)44(60)57-23-48(15-16-48)21-38(57)42-52-22-37(55-42)28-9-13-32-31-12-8-26(18-33(31)49(50,51)34(32)19-28)27-10-14-35-36(20-27)54-43(53-35)41-29-7-11-30(17-29)58(41)45(61)40(25(3)4)59(64)47(63)66-6/h8-10,12-14,18-20,22,24-25,29-30,38-41,64H,7,11,15-17,21,23H2,1-6H3,(H,52,55)(H,53,54)(H,56,62)/t29-,30+,38-,39-,40-,41-/m0/s1. The molecule has 0 radical (unpaired) electrons. The maximum Gasteiger partial charge on any atom is 0.434 e. The first-order valence-electron chi connectivity index (χ1n) is 22.8. The van der Waals surface area contributed by atoms with Crippen molar-refractivity contribution >= 4 is 35.0 Å². The molecule has 2 aliphatic heterocycles. The van der Waals surface area contributed by atoms with E-state index in [2.05, 4.69) is 15.3 Å². The van der Waals surface area contributed by atoms with E-state index in [0.717, 1.165) is 39.2 Å². The number of hydrogen-bond donors (Lipinski definition) is 4. The van der Waals surface area contributed by atoms with Gasteiger partial charge in [-0.1, -0.05) is 58.0 Å². The van der Waals surface area contributed by atoms with Gasteiger partial charge < -0.3 is 34.6 Å². The molecule has 2 saturated carbocycles. The van der Waals surface area contributed by atoms with Crippen LogP contribution in [0.2, 0.25) is 0 Å². The third kappa shape index (κ3) is 7.08. The minimum atomic E-state index is -3.31. The van der Waals surface area contributed by atoms with Crippen LogP contribution in [0.5, 0.6) is 0 Å². The number of hydrogen-bond acceptors (Lipinski definition) is 9. The summed E-state index contributed by atoms with van der Waals surface area (Å²) in [5.74, 6) is -3.18. The lowest BCUT2D eigenvalue weighted by Gasteiger charge is -2.38. The molecular formula is C49H54F2N8O7. The number of amides is 4. The minimum Gasteiger partial charge on any atom is -0.453 e. The van der Waals surface area contributed by atoms with Crippen LogP contribution in [0.1, 0.15) is 101 Å². The van der Waals surface area contributed by atoms with E-state index in [1.165, 1.54) is 13.2 Å². The zero-order valence-corrected chi connectivity index (χ0v) is 37.7. The number of ether oxygens (including phenoxy) is 2. The van der Waals surface area contributed by atoms with Crippen molar-refractivity contribution in [2.24, 2.45) is 23.2 Å². The number of carbonyl (C=O) groups excluding carboxylic acids is 4. The molecule has 4 amide bonds. The van der Waals surface area contributed by atoms with Crippen LogP contribution in [0.15, 0.2) is 60.8 Å². The molecule has 3 aromatic carbocycles. The molecular weight excluding hydrogens is 851 g/mol. The number of likely N-dealkylation sites (tertiary alicyclic amines) is 2. The number of nitrogens with zero attached hydrogens (tertiary/aromatic N) is 5. The van der Waals surface area contributed by atoms with E-state index in [1.807, 2.05) is 38.1 Å². The maximum atomic E-state index is 16.7. The number of alkyl halides is 2. The number of carbonyl (C=O) groups is 4. The highest BCUT2D eigenvalue weighted by atomic mass is 19.3. The number of aromatic amines is 2. The quantitative estimate of drug-likeness (QED) is 0.0786. The van der Waals surface area contributed by atoms with Gasteiger partial charge in [-0.25, -0.2) is 19.6 Å². The Morgan fingerprint density at radius 2 is 1.55 bits per heavy atom. The summed E-state index contributed by atoms with van der Waals surface area (Å²) in [5, 5.41) is 13.8. The first-order chi connectivity index (χ1) is 31.5. The van der Waals surface area contributed by atoms with Gasteiger partial charge in [0.05, 0.1) is 49.2 Å². The molecule has 3 aliphatic carbocycles. The molecule has 2 bridgehead atoms. The normalized spacial score (nSPS) is 22.8. The van der Waals surface area contributed by atoms with Crippen LogP contribution < -0.4 is 5.32 Å². The Hall–Kier alpha value is -6.36. The lowest BCUT2D eigenvalue weighted by Crippen LogP contribution is -2.54. The Bertz CT molecular complexity index is 2780. The summed E-state index contributed by atoms with van der Waals surface area (Å²) in [7, 11) is 2.41. The molecule has 66 heavy (non-hydrogen) atoms. The number of aromatic nitrogens is 4. The van der Waals surface area contributed by atoms with E-state index in [4.69, 9.17) is 19.4 Å². The number of alkyl carbamates (subject to hydrolysis) is 1. The Labute approximate surface area is 380 Å². The summed E-state index contributed by atoms with van der Waals surface area (Å²) in [6, 6.07) is 13.0. The predicted molar refractivity (Wildman–Crippen MR) is 238 cm³/mol. The Kier molecular flexibility index (Phi) is 10.5. The van der Waals surface area contributed by atoms with E-state index in [1.54, 1.807) is 54.1 Å². The van der Waals surface area contributed by atoms with E-state index >= 15 is 8.78 Å². The number of benzene rings is 3. The molecule has 2 saturated heterocycles. The van der Waals surface area contributed by atoms with E-state index < -0.39 is 42.2 Å². The van der Waals surface area contributed by atoms with E-state index in [9.17, 15) is 24.4 Å². The number of piperidine rings is 1. The van der Waals surface area contributed by atoms with Gasteiger partial charge in [-0.3, -0.25) is 14.8 Å². The molecule has 4 fully saturated rings. The largest absolute Gasteiger partial charge is 0.453 e. The highest BCUT2D eigenvalue weighted by molar-refractivity contribution is 5.89. The monoisotopic (exact) mass is 904 g/mol. The van der Waals surface area contributed by atoms with E-state index in [-0.39, 0.29) is 52.3 Å². The molecule has 1 spiro atoms. The van der Waals surface area contributed by atoms with Gasteiger partial charge in [0.15, 0.2) is 0 Å². The average Bonchev–Trinajstić information content (AvgIpc) is 3.96. The first-order valence-corrected chi connectivity index (χ1v) is 22.8. The van der Waals surface area contributed by atoms with Crippen LogP contribution in [-0.2, 0) is 25.0 Å². The summed E-state index contributed by atoms with van der Waals surface area (Å²) in [5.41, 5.74) is 4.44. The van der Waals surface area contributed by atoms with Crippen molar-refractivity contribution in [3.05, 3.63) is 83.6 Å². The van der Waals surface area contributed by atoms with Crippen molar-refractivity contribution in [2.45, 2.75) is 102 Å². The van der Waals surface area contributed by atoms with Gasteiger partial charge in [-0.2, -0.15) is 13.8 Å². The van der Waals surface area contributed by atoms with Crippen LogP contribution in [0, 0.1) is 23.2 Å². The molecule has 10 rings (SSSR count). The Morgan fingerprint density at radius 1 is 0.864 bits per heavy atom. The summed E-state index contributed by atoms with van der Waals surface area (Å²) >= 11 is 0. The fourth-order valence-electron chi connectivity index (χ4n) is 11.2. The second-order valence-corrected chi connectivity index (χ2v) is 19.6. The average molecular weight is 905 g/mol. The molecule has 4 heterocycles. The summed E-state index contributed by atoms with van der Waals surface area (Å²) in [6.07, 6.45) is 5.14. The van der Waals surface area contributed by atoms with Crippen LogP contribution in [0.3, 0.4) is 0 Å². The molecule has 4 N–H and O–H groups in total. The third-order valence-corrected chi connectivity index (χ3v) is 14.8. The summed E-state index contributed by atoms with van der Waals surface area (Å²) in [4.78, 5) is 72.6. The molecule has 17 heteroatoms. The van der Waals surface area contributed by atoms with Crippen molar-refractivity contribution in [1.82, 2.24) is 40.1 Å². The zero-order chi connectivity index (χ0) is 46.6. The third-order valence-electron chi connectivity index (χ3n) is 14.8. The Morgan fingerprint density at radius 3 is 2.21 bits per heavy atom. The fourth-order valence-corrected chi connectivity index (χ4v) is 11.2.